The number of rotatable bonds is 3. The zero-order chi connectivity index (χ0) is 15.8. The maximum absolute atomic E-state index is 12.8. The van der Waals surface area contributed by atoms with Crippen molar-refractivity contribution in [3.8, 4) is 5.75 Å². The van der Waals surface area contributed by atoms with Gasteiger partial charge in [-0.1, -0.05) is 18.5 Å². The van der Waals surface area contributed by atoms with Crippen LogP contribution in [0.5, 0.6) is 5.75 Å². The number of methoxy groups -OCH3 is 1. The quantitative estimate of drug-likeness (QED) is 0.932. The molecule has 1 N–H and O–H groups in total. The Labute approximate surface area is 129 Å². The van der Waals surface area contributed by atoms with Crippen molar-refractivity contribution in [2.24, 2.45) is 0 Å². The number of carbonyl (C=O) groups excluding carboxylic acids is 2. The molecule has 6 heteroatoms. The van der Waals surface area contributed by atoms with E-state index in [0.717, 1.165) is 0 Å². The van der Waals surface area contributed by atoms with E-state index < -0.39 is 11.6 Å². The van der Waals surface area contributed by atoms with Crippen LogP contribution < -0.4 is 15.0 Å². The third-order valence-electron chi connectivity index (χ3n) is 3.98. The molecule has 0 radical (unpaired) electrons. The minimum Gasteiger partial charge on any atom is -0.495 e. The lowest BCUT2D eigenvalue weighted by atomic mass is 9.91. The first-order valence-corrected chi connectivity index (χ1v) is 7.21. The molecule has 0 bridgehead atoms. The molecule has 1 aliphatic rings. The summed E-state index contributed by atoms with van der Waals surface area (Å²) in [5.41, 5.74) is -0.292. The third kappa shape index (κ3) is 2.58. The normalized spacial score (nSPS) is 25.8. The van der Waals surface area contributed by atoms with Crippen molar-refractivity contribution in [2.45, 2.75) is 38.8 Å². The summed E-state index contributed by atoms with van der Waals surface area (Å²) in [6, 6.07) is 4.47. The fourth-order valence-electron chi connectivity index (χ4n) is 2.37. The van der Waals surface area contributed by atoms with Gasteiger partial charge < -0.3 is 10.1 Å². The molecule has 0 aromatic heterocycles. The number of nitrogens with one attached hydrogen (secondary N) is 1. The highest BCUT2D eigenvalue weighted by molar-refractivity contribution is 6.32. The van der Waals surface area contributed by atoms with Gasteiger partial charge in [-0.2, -0.15) is 0 Å². The first-order valence-electron chi connectivity index (χ1n) is 6.83. The number of halogens is 1. The maximum Gasteiger partial charge on any atom is 0.253 e. The van der Waals surface area contributed by atoms with Crippen molar-refractivity contribution in [3.05, 3.63) is 23.2 Å². The van der Waals surface area contributed by atoms with E-state index in [-0.39, 0.29) is 11.8 Å². The number of nitrogens with zero attached hydrogens (tertiary/aromatic N) is 1. The van der Waals surface area contributed by atoms with Crippen molar-refractivity contribution in [2.75, 3.05) is 12.0 Å². The van der Waals surface area contributed by atoms with Crippen molar-refractivity contribution in [1.29, 1.82) is 0 Å². The number of anilines is 1. The van der Waals surface area contributed by atoms with E-state index in [9.17, 15) is 9.59 Å². The molecule has 0 spiro atoms. The van der Waals surface area contributed by atoms with E-state index >= 15 is 0 Å². The summed E-state index contributed by atoms with van der Waals surface area (Å²) in [4.78, 5) is 26.4. The van der Waals surface area contributed by atoms with Crippen LogP contribution in [0, 0.1) is 0 Å². The second-order valence-electron chi connectivity index (χ2n) is 5.34. The van der Waals surface area contributed by atoms with Crippen LogP contribution in [-0.4, -0.2) is 30.5 Å². The Kier molecular flexibility index (Phi) is 4.14. The fourth-order valence-corrected chi connectivity index (χ4v) is 2.56. The number of carbonyl (C=O) groups is 2. The molecule has 5 nitrogen and oxygen atoms in total. The largest absolute Gasteiger partial charge is 0.495 e. The molecule has 1 heterocycles. The fraction of sp³-hybridized carbons (Fsp3) is 0.467. The standard InChI is InChI=1S/C15H19ClN2O3/c1-5-15(3)14(20)18(9(2)13(19)17-15)10-6-7-11(16)12(8-10)21-4/h6-9H,5H2,1-4H3,(H,17,19). The summed E-state index contributed by atoms with van der Waals surface area (Å²) in [6.45, 7) is 5.30. The summed E-state index contributed by atoms with van der Waals surface area (Å²) in [6.07, 6.45) is 0.519. The van der Waals surface area contributed by atoms with Crippen LogP contribution in [0.2, 0.25) is 5.02 Å². The Bertz CT molecular complexity index is 590. The highest BCUT2D eigenvalue weighted by Gasteiger charge is 2.46. The van der Waals surface area contributed by atoms with Gasteiger partial charge in [-0.15, -0.1) is 0 Å². The lowest BCUT2D eigenvalue weighted by Gasteiger charge is -2.43. The summed E-state index contributed by atoms with van der Waals surface area (Å²) in [5, 5.41) is 3.25. The van der Waals surface area contributed by atoms with Gasteiger partial charge in [-0.3, -0.25) is 14.5 Å². The summed E-state index contributed by atoms with van der Waals surface area (Å²) >= 11 is 6.01. The van der Waals surface area contributed by atoms with Gasteiger partial charge in [0.05, 0.1) is 12.1 Å². The van der Waals surface area contributed by atoms with Crippen LogP contribution in [-0.2, 0) is 9.59 Å². The summed E-state index contributed by atoms with van der Waals surface area (Å²) < 4.78 is 5.18. The SMILES string of the molecule is CCC1(C)NC(=O)C(C)N(c2ccc(Cl)c(OC)c2)C1=O. The molecular weight excluding hydrogens is 292 g/mol. The number of benzene rings is 1. The number of hydrogen-bond acceptors (Lipinski definition) is 3. The highest BCUT2D eigenvalue weighted by Crippen LogP contribution is 2.33. The molecule has 1 saturated heterocycles. The third-order valence-corrected chi connectivity index (χ3v) is 4.29. The zero-order valence-electron chi connectivity index (χ0n) is 12.6. The number of hydrogen-bond donors (Lipinski definition) is 1. The van der Waals surface area contributed by atoms with E-state index in [1.54, 1.807) is 32.0 Å². The van der Waals surface area contributed by atoms with Crippen molar-refractivity contribution < 1.29 is 14.3 Å². The predicted octanol–water partition coefficient (Wildman–Crippen LogP) is 2.37. The molecule has 1 aliphatic heterocycles. The average Bonchev–Trinajstić information content (AvgIpc) is 2.47. The highest BCUT2D eigenvalue weighted by atomic mass is 35.5. The molecule has 114 valence electrons. The van der Waals surface area contributed by atoms with E-state index in [1.807, 2.05) is 6.92 Å². The Morgan fingerprint density at radius 1 is 1.43 bits per heavy atom. The Hall–Kier alpha value is -1.75. The molecular formula is C15H19ClN2O3. The Morgan fingerprint density at radius 3 is 2.67 bits per heavy atom. The van der Waals surface area contributed by atoms with Crippen LogP contribution in [0.4, 0.5) is 5.69 Å². The van der Waals surface area contributed by atoms with Crippen LogP contribution in [0.25, 0.3) is 0 Å². The second kappa shape index (κ2) is 5.56. The molecule has 0 aliphatic carbocycles. The van der Waals surface area contributed by atoms with Crippen LogP contribution in [0.15, 0.2) is 18.2 Å². The van der Waals surface area contributed by atoms with Gasteiger partial charge in [0, 0.05) is 11.8 Å². The molecule has 2 atom stereocenters. The van der Waals surface area contributed by atoms with Crippen LogP contribution in [0.3, 0.4) is 0 Å². The molecule has 0 saturated carbocycles. The molecule has 21 heavy (non-hydrogen) atoms. The van der Waals surface area contributed by atoms with Gasteiger partial charge in [0.1, 0.15) is 17.3 Å². The molecule has 1 fully saturated rings. The van der Waals surface area contributed by atoms with E-state index in [1.165, 1.54) is 12.0 Å². The first kappa shape index (κ1) is 15.6. The van der Waals surface area contributed by atoms with Gasteiger partial charge >= 0.3 is 0 Å². The Morgan fingerprint density at radius 2 is 2.10 bits per heavy atom. The van der Waals surface area contributed by atoms with Gasteiger partial charge in [0.2, 0.25) is 5.91 Å². The molecule has 1 aromatic carbocycles. The van der Waals surface area contributed by atoms with E-state index in [4.69, 9.17) is 16.3 Å². The van der Waals surface area contributed by atoms with Gasteiger partial charge in [0.25, 0.3) is 5.91 Å². The summed E-state index contributed by atoms with van der Waals surface area (Å²) in [5.74, 6) is 0.160. The van der Waals surface area contributed by atoms with Gasteiger partial charge in [-0.25, -0.2) is 0 Å². The van der Waals surface area contributed by atoms with Gasteiger partial charge in [0.15, 0.2) is 0 Å². The first-order chi connectivity index (χ1) is 9.84. The van der Waals surface area contributed by atoms with Crippen LogP contribution >= 0.6 is 11.6 Å². The number of amides is 2. The maximum atomic E-state index is 12.8. The lowest BCUT2D eigenvalue weighted by molar-refractivity contribution is -0.137. The molecule has 2 rings (SSSR count). The molecule has 1 aromatic rings. The number of piperazine rings is 1. The van der Waals surface area contributed by atoms with Crippen molar-refractivity contribution in [1.82, 2.24) is 5.32 Å². The lowest BCUT2D eigenvalue weighted by Crippen LogP contribution is -2.68. The van der Waals surface area contributed by atoms with Crippen molar-refractivity contribution in [3.63, 3.8) is 0 Å². The molecule has 2 amide bonds. The topological polar surface area (TPSA) is 58.6 Å². The summed E-state index contributed by atoms with van der Waals surface area (Å²) in [7, 11) is 1.51. The average molecular weight is 311 g/mol. The Balaban J connectivity index is 2.49. The zero-order valence-corrected chi connectivity index (χ0v) is 13.3. The smallest absolute Gasteiger partial charge is 0.253 e. The monoisotopic (exact) mass is 310 g/mol. The van der Waals surface area contributed by atoms with E-state index in [2.05, 4.69) is 5.32 Å². The van der Waals surface area contributed by atoms with E-state index in [0.29, 0.717) is 22.9 Å². The van der Waals surface area contributed by atoms with Crippen molar-refractivity contribution >= 4 is 29.1 Å². The number of ether oxygens (including phenoxy) is 1. The minimum atomic E-state index is -0.892. The minimum absolute atomic E-state index is 0.138. The predicted molar refractivity (Wildman–Crippen MR) is 81.8 cm³/mol. The van der Waals surface area contributed by atoms with Crippen LogP contribution in [0.1, 0.15) is 27.2 Å². The van der Waals surface area contributed by atoms with Gasteiger partial charge in [-0.05, 0) is 32.4 Å². The molecule has 2 unspecified atom stereocenters. The second-order valence-corrected chi connectivity index (χ2v) is 5.75.